The second kappa shape index (κ2) is 6.48. The van der Waals surface area contributed by atoms with E-state index in [2.05, 4.69) is 37.1 Å². The van der Waals surface area contributed by atoms with Crippen molar-refractivity contribution < 1.29 is 4.79 Å². The minimum absolute atomic E-state index is 0.218. The van der Waals surface area contributed by atoms with Crippen LogP contribution in [0.1, 0.15) is 10.4 Å². The molecule has 1 saturated heterocycles. The van der Waals surface area contributed by atoms with Gasteiger partial charge < -0.3 is 15.1 Å². The zero-order valence-electron chi connectivity index (χ0n) is 12.4. The first-order valence-corrected chi connectivity index (χ1v) is 7.19. The van der Waals surface area contributed by atoms with Gasteiger partial charge in [0, 0.05) is 38.6 Å². The fourth-order valence-corrected chi connectivity index (χ4v) is 2.26. The van der Waals surface area contributed by atoms with Crippen molar-refractivity contribution in [3.8, 4) is 0 Å². The Morgan fingerprint density at radius 1 is 1.14 bits per heavy atom. The van der Waals surface area contributed by atoms with Gasteiger partial charge in [0.05, 0.1) is 23.6 Å². The maximum absolute atomic E-state index is 12.0. The summed E-state index contributed by atoms with van der Waals surface area (Å²) in [4.78, 5) is 29.0. The fraction of sp³-hybridized carbons (Fsp3) is 0.333. The molecular formula is C15H18N6O. The van der Waals surface area contributed by atoms with Crippen LogP contribution in [-0.2, 0) is 0 Å². The van der Waals surface area contributed by atoms with E-state index in [-0.39, 0.29) is 5.91 Å². The number of nitrogens with zero attached hydrogens (tertiary/aromatic N) is 5. The topological polar surface area (TPSA) is 74.2 Å². The van der Waals surface area contributed by atoms with E-state index in [4.69, 9.17) is 0 Å². The quantitative estimate of drug-likeness (QED) is 0.906. The lowest BCUT2D eigenvalue weighted by atomic mass is 10.2. The van der Waals surface area contributed by atoms with Crippen molar-refractivity contribution in [3.05, 3.63) is 42.5 Å². The van der Waals surface area contributed by atoms with Crippen LogP contribution in [0, 0.1) is 0 Å². The number of pyridine rings is 1. The zero-order chi connectivity index (χ0) is 15.4. The Morgan fingerprint density at radius 2 is 1.86 bits per heavy atom. The molecule has 1 fully saturated rings. The molecule has 0 saturated carbocycles. The minimum atomic E-state index is -0.218. The number of carbonyl (C=O) groups excluding carboxylic acids is 1. The highest BCUT2D eigenvalue weighted by Gasteiger charge is 2.16. The predicted octanol–water partition coefficient (Wildman–Crippen LogP) is 0.876. The predicted molar refractivity (Wildman–Crippen MR) is 83.9 cm³/mol. The fourth-order valence-electron chi connectivity index (χ4n) is 2.26. The molecule has 2 aromatic rings. The van der Waals surface area contributed by atoms with Crippen LogP contribution in [0.2, 0.25) is 0 Å². The van der Waals surface area contributed by atoms with Crippen molar-refractivity contribution >= 4 is 17.5 Å². The van der Waals surface area contributed by atoms with Crippen molar-refractivity contribution in [2.45, 2.75) is 0 Å². The second-order valence-electron chi connectivity index (χ2n) is 5.26. The molecule has 1 N–H and O–H groups in total. The van der Waals surface area contributed by atoms with E-state index >= 15 is 0 Å². The number of carbonyl (C=O) groups is 1. The van der Waals surface area contributed by atoms with Crippen LogP contribution < -0.4 is 10.2 Å². The Labute approximate surface area is 129 Å². The Bertz CT molecular complexity index is 622. The van der Waals surface area contributed by atoms with Crippen molar-refractivity contribution in [1.29, 1.82) is 0 Å². The van der Waals surface area contributed by atoms with Gasteiger partial charge in [0.25, 0.3) is 5.91 Å². The van der Waals surface area contributed by atoms with E-state index < -0.39 is 0 Å². The number of hydrogen-bond acceptors (Lipinski definition) is 6. The molecule has 2 aromatic heterocycles. The van der Waals surface area contributed by atoms with Crippen LogP contribution in [0.15, 0.2) is 36.9 Å². The third-order valence-electron chi connectivity index (χ3n) is 3.61. The van der Waals surface area contributed by atoms with Crippen LogP contribution in [0.25, 0.3) is 0 Å². The highest BCUT2D eigenvalue weighted by molar-refractivity contribution is 6.03. The lowest BCUT2D eigenvalue weighted by molar-refractivity contribution is 0.102. The van der Waals surface area contributed by atoms with E-state index in [1.807, 2.05) is 0 Å². The first-order chi connectivity index (χ1) is 10.7. The molecule has 1 aliphatic heterocycles. The molecule has 7 nitrogen and oxygen atoms in total. The summed E-state index contributed by atoms with van der Waals surface area (Å²) in [5.41, 5.74) is 1.08. The highest BCUT2D eigenvalue weighted by Crippen LogP contribution is 2.13. The molecule has 1 amide bonds. The van der Waals surface area contributed by atoms with Crippen LogP contribution in [-0.4, -0.2) is 59.0 Å². The number of nitrogens with one attached hydrogen (secondary N) is 1. The number of aromatic nitrogens is 3. The Kier molecular flexibility index (Phi) is 4.24. The number of rotatable bonds is 3. The summed E-state index contributed by atoms with van der Waals surface area (Å²) in [6, 6.07) is 3.43. The van der Waals surface area contributed by atoms with E-state index in [1.54, 1.807) is 30.7 Å². The van der Waals surface area contributed by atoms with Crippen LogP contribution >= 0.6 is 0 Å². The van der Waals surface area contributed by atoms with E-state index in [0.29, 0.717) is 17.2 Å². The number of hydrogen-bond donors (Lipinski definition) is 1. The second-order valence-corrected chi connectivity index (χ2v) is 5.26. The van der Waals surface area contributed by atoms with Crippen molar-refractivity contribution in [2.24, 2.45) is 0 Å². The molecule has 0 radical (unpaired) electrons. The lowest BCUT2D eigenvalue weighted by Crippen LogP contribution is -2.45. The highest BCUT2D eigenvalue weighted by atomic mass is 16.1. The van der Waals surface area contributed by atoms with Gasteiger partial charge in [0.2, 0.25) is 5.95 Å². The van der Waals surface area contributed by atoms with E-state index in [0.717, 1.165) is 26.2 Å². The van der Waals surface area contributed by atoms with Gasteiger partial charge in [-0.3, -0.25) is 9.78 Å². The van der Waals surface area contributed by atoms with Gasteiger partial charge in [0.1, 0.15) is 0 Å². The molecule has 0 spiro atoms. The van der Waals surface area contributed by atoms with Gasteiger partial charge in [-0.05, 0) is 19.2 Å². The van der Waals surface area contributed by atoms with E-state index in [9.17, 15) is 4.79 Å². The van der Waals surface area contributed by atoms with Gasteiger partial charge in [-0.1, -0.05) is 0 Å². The molecule has 0 bridgehead atoms. The third kappa shape index (κ3) is 3.37. The summed E-state index contributed by atoms with van der Waals surface area (Å²) in [6.07, 6.45) is 6.42. The van der Waals surface area contributed by atoms with Gasteiger partial charge >= 0.3 is 0 Å². The molecule has 1 aliphatic rings. The minimum Gasteiger partial charge on any atom is -0.338 e. The van der Waals surface area contributed by atoms with Crippen LogP contribution in [0.4, 0.5) is 11.6 Å². The lowest BCUT2D eigenvalue weighted by Gasteiger charge is -2.32. The molecule has 3 rings (SSSR count). The summed E-state index contributed by atoms with van der Waals surface area (Å²) < 4.78 is 0. The van der Waals surface area contributed by atoms with Crippen molar-refractivity contribution in [1.82, 2.24) is 19.9 Å². The number of amides is 1. The molecule has 3 heterocycles. The average Bonchev–Trinajstić information content (AvgIpc) is 2.57. The van der Waals surface area contributed by atoms with Crippen LogP contribution in [0.5, 0.6) is 0 Å². The Morgan fingerprint density at radius 3 is 2.50 bits per heavy atom. The third-order valence-corrected chi connectivity index (χ3v) is 3.61. The van der Waals surface area contributed by atoms with Gasteiger partial charge in [-0.2, -0.15) is 0 Å². The summed E-state index contributed by atoms with van der Waals surface area (Å²) in [5, 5.41) is 2.76. The van der Waals surface area contributed by atoms with Crippen molar-refractivity contribution in [2.75, 3.05) is 43.4 Å². The maximum atomic E-state index is 12.0. The first-order valence-electron chi connectivity index (χ1n) is 7.19. The number of piperazine rings is 1. The maximum Gasteiger partial charge on any atom is 0.257 e. The number of likely N-dealkylation sites (N-methyl/N-ethyl adjacent to an activating group) is 1. The van der Waals surface area contributed by atoms with Gasteiger partial charge in [-0.15, -0.1) is 0 Å². The Balaban J connectivity index is 1.63. The summed E-state index contributed by atoms with van der Waals surface area (Å²) in [7, 11) is 2.11. The first kappa shape index (κ1) is 14.4. The van der Waals surface area contributed by atoms with Crippen molar-refractivity contribution in [3.63, 3.8) is 0 Å². The summed E-state index contributed by atoms with van der Waals surface area (Å²) in [5.74, 6) is 0.483. The molecular weight excluding hydrogens is 280 g/mol. The molecule has 114 valence electrons. The monoisotopic (exact) mass is 298 g/mol. The molecule has 0 unspecified atom stereocenters. The smallest absolute Gasteiger partial charge is 0.257 e. The van der Waals surface area contributed by atoms with E-state index in [1.165, 1.54) is 6.20 Å². The van der Waals surface area contributed by atoms with Crippen LogP contribution in [0.3, 0.4) is 0 Å². The Hall–Kier alpha value is -2.54. The summed E-state index contributed by atoms with van der Waals surface area (Å²) in [6.45, 7) is 3.83. The largest absolute Gasteiger partial charge is 0.338 e. The molecule has 0 aliphatic carbocycles. The average molecular weight is 298 g/mol. The van der Waals surface area contributed by atoms with Gasteiger partial charge in [0.15, 0.2) is 0 Å². The zero-order valence-corrected chi connectivity index (χ0v) is 12.4. The summed E-state index contributed by atoms with van der Waals surface area (Å²) >= 11 is 0. The molecule has 22 heavy (non-hydrogen) atoms. The molecule has 7 heteroatoms. The van der Waals surface area contributed by atoms with Gasteiger partial charge in [-0.25, -0.2) is 9.97 Å². The SMILES string of the molecule is CN1CCN(c2ncc(NC(=O)c3cccnc3)cn2)CC1. The normalized spacial score (nSPS) is 15.6. The molecule has 0 atom stereocenters. The standard InChI is InChI=1S/C15H18N6O/c1-20-5-7-21(8-6-20)15-17-10-13(11-18-15)19-14(22)12-3-2-4-16-9-12/h2-4,9-11H,5-8H2,1H3,(H,19,22). The number of anilines is 2. The molecule has 0 aromatic carbocycles.